The first kappa shape index (κ1) is 14.4. The third-order valence-corrected chi connectivity index (χ3v) is 3.02. The highest BCUT2D eigenvalue weighted by Gasteiger charge is 2.27. The standard InChI is InChI=1S/C12H14F3N3O2/c13-12(14,15)4-5-20-11-8(10(16)18-19)6-7-2-1-3-9(7)17-11/h6,19H,1-5H2,(H2,16,18). The number of hydrogen-bond acceptors (Lipinski definition) is 4. The van der Waals surface area contributed by atoms with Crippen molar-refractivity contribution in [1.82, 2.24) is 4.98 Å². The Labute approximate surface area is 113 Å². The van der Waals surface area contributed by atoms with Gasteiger partial charge in [-0.25, -0.2) is 4.98 Å². The highest BCUT2D eigenvalue weighted by Crippen LogP contribution is 2.27. The average Bonchev–Trinajstić information content (AvgIpc) is 2.82. The molecule has 0 spiro atoms. The second kappa shape index (κ2) is 5.56. The summed E-state index contributed by atoms with van der Waals surface area (Å²) in [5.74, 6) is -0.251. The molecule has 20 heavy (non-hydrogen) atoms. The van der Waals surface area contributed by atoms with Crippen LogP contribution in [-0.4, -0.2) is 28.8 Å². The first-order valence-electron chi connectivity index (χ1n) is 6.11. The van der Waals surface area contributed by atoms with E-state index in [4.69, 9.17) is 15.7 Å². The molecule has 0 fully saturated rings. The largest absolute Gasteiger partial charge is 0.477 e. The maximum absolute atomic E-state index is 12.1. The molecule has 1 aromatic rings. The van der Waals surface area contributed by atoms with Crippen molar-refractivity contribution >= 4 is 5.84 Å². The molecule has 0 radical (unpaired) electrons. The molecular formula is C12H14F3N3O2. The van der Waals surface area contributed by atoms with Crippen LogP contribution in [0.3, 0.4) is 0 Å². The zero-order chi connectivity index (χ0) is 14.8. The number of alkyl halides is 3. The van der Waals surface area contributed by atoms with Gasteiger partial charge in [0.2, 0.25) is 5.88 Å². The molecule has 2 rings (SSSR count). The Hall–Kier alpha value is -1.99. The van der Waals surface area contributed by atoms with Crippen molar-refractivity contribution in [2.75, 3.05) is 6.61 Å². The number of nitrogens with two attached hydrogens (primary N) is 1. The molecule has 0 saturated heterocycles. The van der Waals surface area contributed by atoms with Gasteiger partial charge in [-0.1, -0.05) is 5.16 Å². The molecule has 3 N–H and O–H groups in total. The molecule has 1 aromatic heterocycles. The van der Waals surface area contributed by atoms with E-state index in [9.17, 15) is 13.2 Å². The van der Waals surface area contributed by atoms with Crippen molar-refractivity contribution in [3.63, 3.8) is 0 Å². The van der Waals surface area contributed by atoms with Crippen LogP contribution in [0.1, 0.15) is 29.7 Å². The normalized spacial score (nSPS) is 15.2. The Kier molecular flexibility index (Phi) is 4.01. The van der Waals surface area contributed by atoms with E-state index < -0.39 is 19.2 Å². The lowest BCUT2D eigenvalue weighted by Gasteiger charge is -2.12. The SMILES string of the molecule is N/C(=N/O)c1cc2c(nc1OCCC(F)(F)F)CCC2. The Morgan fingerprint density at radius 1 is 1.45 bits per heavy atom. The van der Waals surface area contributed by atoms with Gasteiger partial charge in [-0.2, -0.15) is 13.2 Å². The zero-order valence-electron chi connectivity index (χ0n) is 10.6. The predicted molar refractivity (Wildman–Crippen MR) is 64.9 cm³/mol. The third-order valence-electron chi connectivity index (χ3n) is 3.02. The lowest BCUT2D eigenvalue weighted by Crippen LogP contribution is -2.19. The number of pyridine rings is 1. The molecular weight excluding hydrogens is 275 g/mol. The Morgan fingerprint density at radius 3 is 2.85 bits per heavy atom. The van der Waals surface area contributed by atoms with Crippen molar-refractivity contribution in [2.24, 2.45) is 10.9 Å². The fourth-order valence-corrected chi connectivity index (χ4v) is 2.06. The summed E-state index contributed by atoms with van der Waals surface area (Å²) in [6.07, 6.45) is -2.89. The van der Waals surface area contributed by atoms with Crippen LogP contribution >= 0.6 is 0 Å². The number of rotatable bonds is 4. The lowest BCUT2D eigenvalue weighted by molar-refractivity contribution is -0.139. The van der Waals surface area contributed by atoms with Crippen molar-refractivity contribution < 1.29 is 23.1 Å². The molecule has 0 aliphatic heterocycles. The summed E-state index contributed by atoms with van der Waals surface area (Å²) in [7, 11) is 0. The van der Waals surface area contributed by atoms with Crippen LogP contribution in [-0.2, 0) is 12.8 Å². The summed E-state index contributed by atoms with van der Waals surface area (Å²) >= 11 is 0. The van der Waals surface area contributed by atoms with E-state index >= 15 is 0 Å². The highest BCUT2D eigenvalue weighted by atomic mass is 19.4. The van der Waals surface area contributed by atoms with Gasteiger partial charge in [0.05, 0.1) is 18.6 Å². The van der Waals surface area contributed by atoms with Gasteiger partial charge in [0, 0.05) is 5.69 Å². The summed E-state index contributed by atoms with van der Waals surface area (Å²) < 4.78 is 41.4. The van der Waals surface area contributed by atoms with Crippen molar-refractivity contribution in [2.45, 2.75) is 31.9 Å². The van der Waals surface area contributed by atoms with E-state index in [1.807, 2.05) is 0 Å². The Balaban J connectivity index is 2.22. The fourth-order valence-electron chi connectivity index (χ4n) is 2.06. The minimum atomic E-state index is -4.30. The first-order chi connectivity index (χ1) is 9.40. The predicted octanol–water partition coefficient (Wildman–Crippen LogP) is 2.00. The van der Waals surface area contributed by atoms with Gasteiger partial charge in [0.25, 0.3) is 0 Å². The smallest absolute Gasteiger partial charge is 0.392 e. The maximum atomic E-state index is 12.1. The summed E-state index contributed by atoms with van der Waals surface area (Å²) in [5, 5.41) is 11.6. The number of nitrogens with zero attached hydrogens (tertiary/aromatic N) is 2. The average molecular weight is 289 g/mol. The number of amidine groups is 1. The number of aromatic nitrogens is 1. The molecule has 110 valence electrons. The number of hydrogen-bond donors (Lipinski definition) is 2. The third kappa shape index (κ3) is 3.31. The first-order valence-corrected chi connectivity index (χ1v) is 6.11. The molecule has 0 saturated carbocycles. The summed E-state index contributed by atoms with van der Waals surface area (Å²) in [4.78, 5) is 4.18. The number of halogens is 3. The molecule has 0 amide bonds. The van der Waals surface area contributed by atoms with Gasteiger partial charge in [-0.15, -0.1) is 0 Å². The van der Waals surface area contributed by atoms with E-state index in [2.05, 4.69) is 10.1 Å². The van der Waals surface area contributed by atoms with Gasteiger partial charge in [-0.3, -0.25) is 0 Å². The molecule has 1 aliphatic rings. The van der Waals surface area contributed by atoms with Gasteiger partial charge in [-0.05, 0) is 30.9 Å². The van der Waals surface area contributed by atoms with Crippen LogP contribution in [0.15, 0.2) is 11.2 Å². The number of fused-ring (bicyclic) bond motifs is 1. The second-order valence-corrected chi connectivity index (χ2v) is 4.50. The molecule has 1 aliphatic carbocycles. The molecule has 1 heterocycles. The van der Waals surface area contributed by atoms with E-state index in [0.29, 0.717) is 0 Å². The number of aryl methyl sites for hydroxylation is 2. The minimum Gasteiger partial charge on any atom is -0.477 e. The second-order valence-electron chi connectivity index (χ2n) is 4.50. The Morgan fingerprint density at radius 2 is 2.20 bits per heavy atom. The van der Waals surface area contributed by atoms with Crippen molar-refractivity contribution in [3.8, 4) is 5.88 Å². The molecule has 0 atom stereocenters. The molecule has 5 nitrogen and oxygen atoms in total. The molecule has 8 heteroatoms. The van der Waals surface area contributed by atoms with Crippen molar-refractivity contribution in [3.05, 3.63) is 22.9 Å². The van der Waals surface area contributed by atoms with Crippen LogP contribution in [0, 0.1) is 0 Å². The van der Waals surface area contributed by atoms with Crippen LogP contribution < -0.4 is 10.5 Å². The zero-order valence-corrected chi connectivity index (χ0v) is 10.6. The summed E-state index contributed by atoms with van der Waals surface area (Å²) in [6.45, 7) is -0.555. The van der Waals surface area contributed by atoms with Crippen molar-refractivity contribution in [1.29, 1.82) is 0 Å². The monoisotopic (exact) mass is 289 g/mol. The summed E-state index contributed by atoms with van der Waals surface area (Å²) in [6, 6.07) is 1.66. The van der Waals surface area contributed by atoms with E-state index in [0.717, 1.165) is 30.5 Å². The summed E-state index contributed by atoms with van der Waals surface area (Å²) in [5.41, 5.74) is 7.47. The number of ether oxygens (including phenoxy) is 1. The lowest BCUT2D eigenvalue weighted by atomic mass is 10.1. The quantitative estimate of drug-likeness (QED) is 0.384. The Bertz CT molecular complexity index is 529. The van der Waals surface area contributed by atoms with Crippen LogP contribution in [0.2, 0.25) is 0 Å². The minimum absolute atomic E-state index is 0.0230. The van der Waals surface area contributed by atoms with Crippen LogP contribution in [0.5, 0.6) is 5.88 Å². The fraction of sp³-hybridized carbons (Fsp3) is 0.500. The maximum Gasteiger partial charge on any atom is 0.392 e. The number of oxime groups is 1. The molecule has 0 aromatic carbocycles. The highest BCUT2D eigenvalue weighted by molar-refractivity contribution is 5.99. The van der Waals surface area contributed by atoms with E-state index in [-0.39, 0.29) is 17.3 Å². The van der Waals surface area contributed by atoms with Gasteiger partial charge < -0.3 is 15.7 Å². The molecule has 0 unspecified atom stereocenters. The topological polar surface area (TPSA) is 80.7 Å². The van der Waals surface area contributed by atoms with Crippen LogP contribution in [0.25, 0.3) is 0 Å². The van der Waals surface area contributed by atoms with Gasteiger partial charge >= 0.3 is 6.18 Å². The van der Waals surface area contributed by atoms with E-state index in [1.165, 1.54) is 0 Å². The van der Waals surface area contributed by atoms with E-state index in [1.54, 1.807) is 6.07 Å². The molecule has 0 bridgehead atoms. The van der Waals surface area contributed by atoms with Gasteiger partial charge in [0.1, 0.15) is 0 Å². The van der Waals surface area contributed by atoms with Crippen LogP contribution in [0.4, 0.5) is 13.2 Å². The van der Waals surface area contributed by atoms with Gasteiger partial charge in [0.15, 0.2) is 5.84 Å².